The molecule has 0 saturated carbocycles. The van der Waals surface area contributed by atoms with Crippen LogP contribution in [-0.2, 0) is 0 Å². The number of hydrogen-bond acceptors (Lipinski definition) is 4. The van der Waals surface area contributed by atoms with Gasteiger partial charge in [0.25, 0.3) is 5.56 Å². The molecule has 1 fully saturated rings. The summed E-state index contributed by atoms with van der Waals surface area (Å²) in [6, 6.07) is 15.2. The fourth-order valence-corrected chi connectivity index (χ4v) is 4.69. The van der Waals surface area contributed by atoms with Gasteiger partial charge >= 0.3 is 0 Å². The van der Waals surface area contributed by atoms with Crippen molar-refractivity contribution >= 4 is 10.9 Å². The second-order valence-corrected chi connectivity index (χ2v) is 8.72. The van der Waals surface area contributed by atoms with Gasteiger partial charge < -0.3 is 9.64 Å². The average molecular weight is 406 g/mol. The molecule has 2 aromatic carbocycles. The van der Waals surface area contributed by atoms with Crippen LogP contribution in [0.3, 0.4) is 0 Å². The van der Waals surface area contributed by atoms with Crippen molar-refractivity contribution < 1.29 is 4.74 Å². The third kappa shape index (κ3) is 4.57. The van der Waals surface area contributed by atoms with Crippen molar-refractivity contribution in [1.82, 2.24) is 14.5 Å². The highest BCUT2D eigenvalue weighted by atomic mass is 16.5. The van der Waals surface area contributed by atoms with E-state index in [9.17, 15) is 4.79 Å². The molecule has 4 rings (SSSR count). The highest BCUT2D eigenvalue weighted by molar-refractivity contribution is 5.77. The zero-order valence-electron chi connectivity index (χ0n) is 18.2. The van der Waals surface area contributed by atoms with Gasteiger partial charge in [-0.1, -0.05) is 26.0 Å². The van der Waals surface area contributed by atoms with Crippen LogP contribution in [0.1, 0.15) is 32.5 Å². The summed E-state index contributed by atoms with van der Waals surface area (Å²) >= 11 is 0. The molecule has 0 spiro atoms. The lowest BCUT2D eigenvalue weighted by atomic mass is 9.92. The Bertz CT molecular complexity index is 1050. The number of para-hydroxylation sites is 1. The van der Waals surface area contributed by atoms with Crippen LogP contribution in [0.25, 0.3) is 16.6 Å². The first-order valence-electron chi connectivity index (χ1n) is 11.0. The lowest BCUT2D eigenvalue weighted by molar-refractivity contribution is 0.132. The van der Waals surface area contributed by atoms with Crippen LogP contribution >= 0.6 is 0 Å². The molecule has 3 aromatic rings. The Morgan fingerprint density at radius 3 is 2.47 bits per heavy atom. The van der Waals surface area contributed by atoms with Gasteiger partial charge in [-0.2, -0.15) is 0 Å². The van der Waals surface area contributed by atoms with Crippen molar-refractivity contribution in [2.75, 3.05) is 26.2 Å². The summed E-state index contributed by atoms with van der Waals surface area (Å²) in [5.74, 6) is 3.09. The minimum absolute atomic E-state index is 0.0447. The predicted molar refractivity (Wildman–Crippen MR) is 122 cm³/mol. The summed E-state index contributed by atoms with van der Waals surface area (Å²) in [4.78, 5) is 20.1. The van der Waals surface area contributed by atoms with Crippen molar-refractivity contribution in [3.63, 3.8) is 0 Å². The van der Waals surface area contributed by atoms with E-state index in [-0.39, 0.29) is 5.56 Å². The maximum Gasteiger partial charge on any atom is 0.265 e. The molecular formula is C25H31N3O2. The maximum absolute atomic E-state index is 12.9. The molecule has 1 aliphatic rings. The Hall–Kier alpha value is -2.66. The number of hydrogen-bond donors (Lipinski definition) is 0. The first kappa shape index (κ1) is 20.6. The van der Waals surface area contributed by atoms with Crippen LogP contribution in [0.15, 0.2) is 53.3 Å². The fourth-order valence-electron chi connectivity index (χ4n) is 4.69. The predicted octanol–water partition coefficient (Wildman–Crippen LogP) is 4.44. The zero-order chi connectivity index (χ0) is 21.1. The number of fused-ring (bicyclic) bond motifs is 1. The van der Waals surface area contributed by atoms with Crippen LogP contribution in [0.4, 0.5) is 0 Å². The van der Waals surface area contributed by atoms with E-state index in [1.54, 1.807) is 4.57 Å². The van der Waals surface area contributed by atoms with Crippen molar-refractivity contribution in [2.45, 2.75) is 33.6 Å². The Morgan fingerprint density at radius 1 is 1.03 bits per heavy atom. The van der Waals surface area contributed by atoms with Crippen molar-refractivity contribution in [3.8, 4) is 11.4 Å². The lowest BCUT2D eigenvalue weighted by Gasteiger charge is -2.34. The second kappa shape index (κ2) is 9.00. The fraction of sp³-hybridized carbons (Fsp3) is 0.440. The molecule has 1 saturated heterocycles. The number of rotatable bonds is 6. The number of aromatic nitrogens is 2. The van der Waals surface area contributed by atoms with E-state index in [2.05, 4.69) is 23.7 Å². The smallest absolute Gasteiger partial charge is 0.265 e. The molecule has 2 heterocycles. The number of aryl methyl sites for hydroxylation is 1. The van der Waals surface area contributed by atoms with E-state index in [1.807, 2.05) is 55.5 Å². The average Bonchev–Trinajstić information content (AvgIpc) is 2.71. The van der Waals surface area contributed by atoms with Crippen molar-refractivity contribution in [1.29, 1.82) is 0 Å². The number of likely N-dealkylation sites (tertiary alicyclic amines) is 1. The zero-order valence-corrected chi connectivity index (χ0v) is 18.2. The van der Waals surface area contributed by atoms with E-state index >= 15 is 0 Å². The van der Waals surface area contributed by atoms with Gasteiger partial charge in [0.1, 0.15) is 11.6 Å². The van der Waals surface area contributed by atoms with Crippen molar-refractivity contribution in [3.05, 3.63) is 64.7 Å². The van der Waals surface area contributed by atoms with Gasteiger partial charge in [0, 0.05) is 19.6 Å². The normalized spacial score (nSPS) is 19.8. The molecule has 2 atom stereocenters. The largest absolute Gasteiger partial charge is 0.494 e. The third-order valence-electron chi connectivity index (χ3n) is 5.87. The number of benzene rings is 2. The summed E-state index contributed by atoms with van der Waals surface area (Å²) in [7, 11) is 0. The van der Waals surface area contributed by atoms with Crippen molar-refractivity contribution in [2.24, 2.45) is 11.8 Å². The molecule has 0 bridgehead atoms. The highest BCUT2D eigenvalue weighted by Crippen LogP contribution is 2.21. The van der Waals surface area contributed by atoms with Crippen LogP contribution in [0.5, 0.6) is 5.75 Å². The Kier molecular flexibility index (Phi) is 6.18. The van der Waals surface area contributed by atoms with Gasteiger partial charge in [-0.05, 0) is 68.0 Å². The van der Waals surface area contributed by atoms with E-state index < -0.39 is 0 Å². The van der Waals surface area contributed by atoms with Gasteiger partial charge in [0.15, 0.2) is 0 Å². The van der Waals surface area contributed by atoms with Crippen LogP contribution in [-0.4, -0.2) is 40.7 Å². The van der Waals surface area contributed by atoms with Crippen LogP contribution in [0.2, 0.25) is 0 Å². The van der Waals surface area contributed by atoms with Crippen LogP contribution in [0, 0.1) is 18.8 Å². The first-order chi connectivity index (χ1) is 14.5. The number of piperidine rings is 1. The quantitative estimate of drug-likeness (QED) is 0.569. The number of ether oxygens (including phenoxy) is 1. The molecule has 0 radical (unpaired) electrons. The molecule has 5 heteroatoms. The summed E-state index contributed by atoms with van der Waals surface area (Å²) in [6.07, 6.45) is 2.36. The van der Waals surface area contributed by atoms with E-state index in [1.165, 1.54) is 19.5 Å². The van der Waals surface area contributed by atoms with Crippen LogP contribution < -0.4 is 10.3 Å². The highest BCUT2D eigenvalue weighted by Gasteiger charge is 2.21. The van der Waals surface area contributed by atoms with E-state index in [0.717, 1.165) is 41.8 Å². The summed E-state index contributed by atoms with van der Waals surface area (Å²) < 4.78 is 7.60. The van der Waals surface area contributed by atoms with E-state index in [4.69, 9.17) is 4.74 Å². The molecule has 1 aliphatic heterocycles. The monoisotopic (exact) mass is 405 g/mol. The standard InChI is InChI=1S/C25H31N3O2/c1-18-15-19(2)17-27(16-18)13-6-14-30-22-11-9-21(10-12-22)28-20(3)26-24-8-5-4-7-23(24)25(28)29/h4-5,7-12,18-19H,6,13-17H2,1-3H3. The summed E-state index contributed by atoms with van der Waals surface area (Å²) in [5.41, 5.74) is 1.49. The molecule has 0 aliphatic carbocycles. The van der Waals surface area contributed by atoms with Gasteiger partial charge in [0.2, 0.25) is 0 Å². The molecule has 0 amide bonds. The lowest BCUT2D eigenvalue weighted by Crippen LogP contribution is -2.39. The molecule has 2 unspecified atom stereocenters. The molecule has 1 aromatic heterocycles. The molecule has 0 N–H and O–H groups in total. The molecule has 5 nitrogen and oxygen atoms in total. The van der Waals surface area contributed by atoms with Gasteiger partial charge in [-0.25, -0.2) is 4.98 Å². The van der Waals surface area contributed by atoms with E-state index in [0.29, 0.717) is 17.8 Å². The molecule has 30 heavy (non-hydrogen) atoms. The van der Waals surface area contributed by atoms with Gasteiger partial charge in [0.05, 0.1) is 23.2 Å². The Labute approximate surface area is 178 Å². The minimum Gasteiger partial charge on any atom is -0.494 e. The molecule has 158 valence electrons. The second-order valence-electron chi connectivity index (χ2n) is 8.72. The Balaban J connectivity index is 1.38. The van der Waals surface area contributed by atoms with Gasteiger partial charge in [-0.15, -0.1) is 0 Å². The molecular weight excluding hydrogens is 374 g/mol. The van der Waals surface area contributed by atoms with Gasteiger partial charge in [-0.3, -0.25) is 9.36 Å². The SMILES string of the molecule is Cc1nc2ccccc2c(=O)n1-c1ccc(OCCCN2CC(C)CC(C)C2)cc1. The third-order valence-corrected chi connectivity index (χ3v) is 5.87. The topological polar surface area (TPSA) is 47.4 Å². The maximum atomic E-state index is 12.9. The first-order valence-corrected chi connectivity index (χ1v) is 11.0. The Morgan fingerprint density at radius 2 is 1.73 bits per heavy atom. The number of nitrogens with zero attached hydrogens (tertiary/aromatic N) is 3. The minimum atomic E-state index is -0.0447. The summed E-state index contributed by atoms with van der Waals surface area (Å²) in [5, 5.41) is 0.629. The summed E-state index contributed by atoms with van der Waals surface area (Å²) in [6.45, 7) is 10.7.